The third-order valence-corrected chi connectivity index (χ3v) is 6.12. The van der Waals surface area contributed by atoms with Gasteiger partial charge in [0.05, 0.1) is 10.7 Å². The second kappa shape index (κ2) is 11.2. The standard InChI is InChI=1S/C26H22ClIN2O3/c1-16-6-4-7-18(10-16)15-33-25-22(28)12-19(13-24(25)32-3)11-20(14-29)26(31)30-23-9-5-8-21(27)17(23)2/h4-13H,15H2,1-3H3,(H,30,31)/b20-11-. The zero-order valence-corrected chi connectivity index (χ0v) is 21.3. The van der Waals surface area contributed by atoms with E-state index in [9.17, 15) is 10.1 Å². The Kier molecular flexibility index (Phi) is 8.37. The lowest BCUT2D eigenvalue weighted by Gasteiger charge is -2.14. The van der Waals surface area contributed by atoms with Gasteiger partial charge in [-0.3, -0.25) is 4.79 Å². The minimum atomic E-state index is -0.517. The number of amides is 1. The zero-order valence-electron chi connectivity index (χ0n) is 18.4. The van der Waals surface area contributed by atoms with E-state index in [1.165, 1.54) is 6.08 Å². The van der Waals surface area contributed by atoms with Gasteiger partial charge in [0.15, 0.2) is 11.5 Å². The lowest BCUT2D eigenvalue weighted by Crippen LogP contribution is -2.14. The summed E-state index contributed by atoms with van der Waals surface area (Å²) in [5, 5.41) is 12.9. The highest BCUT2D eigenvalue weighted by Crippen LogP contribution is 2.35. The fourth-order valence-electron chi connectivity index (χ4n) is 3.17. The molecular formula is C26H22ClIN2O3. The predicted molar refractivity (Wildman–Crippen MR) is 140 cm³/mol. The number of halogens is 2. The van der Waals surface area contributed by atoms with E-state index in [-0.39, 0.29) is 5.57 Å². The number of anilines is 1. The fourth-order valence-corrected chi connectivity index (χ4v) is 4.12. The van der Waals surface area contributed by atoms with Crippen molar-refractivity contribution >= 4 is 51.9 Å². The number of nitrogens with one attached hydrogen (secondary N) is 1. The van der Waals surface area contributed by atoms with E-state index in [0.717, 1.165) is 20.3 Å². The van der Waals surface area contributed by atoms with Gasteiger partial charge in [-0.05, 0) is 83.5 Å². The number of aryl methyl sites for hydroxylation is 1. The van der Waals surface area contributed by atoms with Gasteiger partial charge in [0.1, 0.15) is 18.2 Å². The molecule has 0 aromatic heterocycles. The summed E-state index contributed by atoms with van der Waals surface area (Å²) in [5.74, 6) is 0.607. The number of ether oxygens (including phenoxy) is 2. The van der Waals surface area contributed by atoms with Gasteiger partial charge in [0.25, 0.3) is 5.91 Å². The summed E-state index contributed by atoms with van der Waals surface area (Å²) in [5.41, 5.74) is 4.11. The van der Waals surface area contributed by atoms with Crippen molar-refractivity contribution in [1.82, 2.24) is 0 Å². The number of nitrogens with zero attached hydrogens (tertiary/aromatic N) is 1. The van der Waals surface area contributed by atoms with Gasteiger partial charge < -0.3 is 14.8 Å². The van der Waals surface area contributed by atoms with Crippen LogP contribution in [0.1, 0.15) is 22.3 Å². The summed E-state index contributed by atoms with van der Waals surface area (Å²) in [6.45, 7) is 4.23. The molecule has 7 heteroatoms. The van der Waals surface area contributed by atoms with Crippen LogP contribution >= 0.6 is 34.2 Å². The highest BCUT2D eigenvalue weighted by molar-refractivity contribution is 14.1. The number of benzene rings is 3. The first-order chi connectivity index (χ1) is 15.8. The van der Waals surface area contributed by atoms with Crippen LogP contribution in [0.25, 0.3) is 6.08 Å². The van der Waals surface area contributed by atoms with Gasteiger partial charge in [-0.25, -0.2) is 0 Å². The first-order valence-corrected chi connectivity index (χ1v) is 11.5. The molecule has 0 unspecified atom stereocenters. The molecule has 168 valence electrons. The van der Waals surface area contributed by atoms with E-state index in [2.05, 4.69) is 34.0 Å². The Morgan fingerprint density at radius 2 is 1.94 bits per heavy atom. The van der Waals surface area contributed by atoms with Crippen molar-refractivity contribution in [1.29, 1.82) is 5.26 Å². The van der Waals surface area contributed by atoms with E-state index in [1.54, 1.807) is 38.3 Å². The molecule has 0 fully saturated rings. The van der Waals surface area contributed by atoms with Crippen LogP contribution in [0.15, 0.2) is 60.2 Å². The second-order valence-electron chi connectivity index (χ2n) is 7.35. The quantitative estimate of drug-likeness (QED) is 0.194. The molecule has 1 amide bonds. The first-order valence-electron chi connectivity index (χ1n) is 10.1. The van der Waals surface area contributed by atoms with E-state index >= 15 is 0 Å². The number of hydrogen-bond donors (Lipinski definition) is 1. The van der Waals surface area contributed by atoms with Gasteiger partial charge in [-0.1, -0.05) is 47.5 Å². The number of hydrogen-bond acceptors (Lipinski definition) is 4. The Balaban J connectivity index is 1.84. The molecule has 0 radical (unpaired) electrons. The molecule has 0 aliphatic rings. The Hall–Kier alpha value is -3.02. The Bertz CT molecular complexity index is 1260. The monoisotopic (exact) mass is 572 g/mol. The molecule has 33 heavy (non-hydrogen) atoms. The molecule has 5 nitrogen and oxygen atoms in total. The number of rotatable bonds is 7. The number of methoxy groups -OCH3 is 1. The topological polar surface area (TPSA) is 71.3 Å². The Morgan fingerprint density at radius 1 is 1.18 bits per heavy atom. The normalized spacial score (nSPS) is 11.0. The third-order valence-electron chi connectivity index (χ3n) is 4.91. The number of carbonyl (C=O) groups excluding carboxylic acids is 1. The number of carbonyl (C=O) groups is 1. The van der Waals surface area contributed by atoms with Crippen LogP contribution in [0, 0.1) is 28.7 Å². The van der Waals surface area contributed by atoms with Crippen molar-refractivity contribution in [3.8, 4) is 17.6 Å². The van der Waals surface area contributed by atoms with Gasteiger partial charge in [-0.2, -0.15) is 5.26 Å². The predicted octanol–water partition coefficient (Wildman–Crippen LogP) is 6.69. The maximum Gasteiger partial charge on any atom is 0.266 e. The molecule has 0 spiro atoms. The molecule has 3 aromatic rings. The largest absolute Gasteiger partial charge is 0.493 e. The molecule has 1 N–H and O–H groups in total. The molecule has 0 saturated heterocycles. The Morgan fingerprint density at radius 3 is 2.64 bits per heavy atom. The summed E-state index contributed by atoms with van der Waals surface area (Å²) < 4.78 is 12.3. The molecular weight excluding hydrogens is 551 g/mol. The Labute approximate surface area is 212 Å². The van der Waals surface area contributed by atoms with Crippen LogP contribution in [0.4, 0.5) is 5.69 Å². The van der Waals surface area contributed by atoms with Crippen LogP contribution in [-0.4, -0.2) is 13.0 Å². The third kappa shape index (κ3) is 6.28. The van der Waals surface area contributed by atoms with Crippen molar-refractivity contribution in [3.05, 3.63) is 91.0 Å². The minimum Gasteiger partial charge on any atom is -0.493 e. The molecule has 0 bridgehead atoms. The highest BCUT2D eigenvalue weighted by atomic mass is 127. The maximum atomic E-state index is 12.7. The van der Waals surface area contributed by atoms with Crippen LogP contribution in [-0.2, 0) is 11.4 Å². The van der Waals surface area contributed by atoms with E-state index in [0.29, 0.717) is 34.4 Å². The second-order valence-corrected chi connectivity index (χ2v) is 8.92. The lowest BCUT2D eigenvalue weighted by atomic mass is 10.1. The molecule has 0 heterocycles. The smallest absolute Gasteiger partial charge is 0.266 e. The summed E-state index contributed by atoms with van der Waals surface area (Å²) in [7, 11) is 1.55. The molecule has 0 atom stereocenters. The van der Waals surface area contributed by atoms with E-state index in [4.69, 9.17) is 21.1 Å². The van der Waals surface area contributed by atoms with Crippen molar-refractivity contribution in [2.75, 3.05) is 12.4 Å². The van der Waals surface area contributed by atoms with Crippen molar-refractivity contribution < 1.29 is 14.3 Å². The van der Waals surface area contributed by atoms with E-state index < -0.39 is 5.91 Å². The van der Waals surface area contributed by atoms with E-state index in [1.807, 2.05) is 37.3 Å². The van der Waals surface area contributed by atoms with Gasteiger partial charge >= 0.3 is 0 Å². The average Bonchev–Trinajstić information content (AvgIpc) is 2.79. The number of nitriles is 1. The van der Waals surface area contributed by atoms with Crippen LogP contribution in [0.5, 0.6) is 11.5 Å². The lowest BCUT2D eigenvalue weighted by molar-refractivity contribution is -0.112. The van der Waals surface area contributed by atoms with Gasteiger partial charge in [-0.15, -0.1) is 0 Å². The van der Waals surface area contributed by atoms with Crippen LogP contribution in [0.2, 0.25) is 5.02 Å². The SMILES string of the molecule is COc1cc(/C=C(/C#N)C(=O)Nc2cccc(Cl)c2C)cc(I)c1OCc1cccc(C)c1. The molecule has 0 saturated carbocycles. The van der Waals surface area contributed by atoms with Crippen LogP contribution in [0.3, 0.4) is 0 Å². The highest BCUT2D eigenvalue weighted by Gasteiger charge is 2.15. The van der Waals surface area contributed by atoms with Crippen molar-refractivity contribution in [2.24, 2.45) is 0 Å². The van der Waals surface area contributed by atoms with Crippen molar-refractivity contribution in [2.45, 2.75) is 20.5 Å². The fraction of sp³-hybridized carbons (Fsp3) is 0.154. The van der Waals surface area contributed by atoms with Gasteiger partial charge in [0.2, 0.25) is 0 Å². The molecule has 0 aliphatic heterocycles. The molecule has 0 aliphatic carbocycles. The van der Waals surface area contributed by atoms with Gasteiger partial charge in [0, 0.05) is 10.7 Å². The maximum absolute atomic E-state index is 12.7. The summed E-state index contributed by atoms with van der Waals surface area (Å²) in [6.07, 6.45) is 1.52. The molecule has 3 aromatic carbocycles. The summed E-state index contributed by atoms with van der Waals surface area (Å²) >= 11 is 8.28. The first kappa shape index (κ1) is 24.6. The minimum absolute atomic E-state index is 0.0411. The molecule has 3 rings (SSSR count). The van der Waals surface area contributed by atoms with Crippen molar-refractivity contribution in [3.63, 3.8) is 0 Å². The summed E-state index contributed by atoms with van der Waals surface area (Å²) in [6, 6.07) is 18.9. The zero-order chi connectivity index (χ0) is 24.0. The summed E-state index contributed by atoms with van der Waals surface area (Å²) in [4.78, 5) is 12.7. The average molecular weight is 573 g/mol. The van der Waals surface area contributed by atoms with Crippen LogP contribution < -0.4 is 14.8 Å².